The van der Waals surface area contributed by atoms with E-state index >= 15 is 0 Å². The number of nitriles is 1. The summed E-state index contributed by atoms with van der Waals surface area (Å²) in [6.07, 6.45) is 0. The molecule has 0 fully saturated rings. The molecule has 0 saturated heterocycles. The second-order valence-electron chi connectivity index (χ2n) is 3.57. The van der Waals surface area contributed by atoms with Gasteiger partial charge in [-0.15, -0.1) is 4.91 Å². The molecule has 0 heterocycles. The Morgan fingerprint density at radius 2 is 2.06 bits per heavy atom. The average molecular weight is 241 g/mol. The number of halogens is 1. The molecule has 0 amide bonds. The van der Waals surface area contributed by atoms with Crippen molar-refractivity contribution >= 4 is 17.1 Å². The number of nitroso groups, excluding NO2 is 1. The lowest BCUT2D eigenvalue weighted by atomic mass is 10.2. The van der Waals surface area contributed by atoms with Crippen LogP contribution in [0.1, 0.15) is 5.56 Å². The van der Waals surface area contributed by atoms with E-state index in [1.807, 2.05) is 6.07 Å². The van der Waals surface area contributed by atoms with Crippen molar-refractivity contribution in [3.63, 3.8) is 0 Å². The average Bonchev–Trinajstić information content (AvgIpc) is 2.39. The molecule has 2 rings (SSSR count). The Hall–Kier alpha value is -2.74. The molecule has 18 heavy (non-hydrogen) atoms. The number of nitrogens with one attached hydrogen (secondary N) is 1. The van der Waals surface area contributed by atoms with Gasteiger partial charge in [-0.05, 0) is 41.6 Å². The normalized spacial score (nSPS) is 9.56. The molecule has 0 aliphatic heterocycles. The summed E-state index contributed by atoms with van der Waals surface area (Å²) in [6, 6.07) is 12.3. The molecule has 0 aliphatic carbocycles. The van der Waals surface area contributed by atoms with E-state index in [0.29, 0.717) is 11.3 Å². The van der Waals surface area contributed by atoms with Gasteiger partial charge < -0.3 is 5.32 Å². The zero-order valence-electron chi connectivity index (χ0n) is 9.22. The van der Waals surface area contributed by atoms with Crippen LogP contribution >= 0.6 is 0 Å². The van der Waals surface area contributed by atoms with Crippen LogP contribution in [0.2, 0.25) is 0 Å². The third-order valence-electron chi connectivity index (χ3n) is 2.33. The van der Waals surface area contributed by atoms with Gasteiger partial charge in [-0.3, -0.25) is 0 Å². The summed E-state index contributed by atoms with van der Waals surface area (Å²) >= 11 is 0. The third kappa shape index (κ3) is 2.50. The van der Waals surface area contributed by atoms with E-state index < -0.39 is 5.82 Å². The lowest BCUT2D eigenvalue weighted by Crippen LogP contribution is -1.92. The van der Waals surface area contributed by atoms with E-state index in [2.05, 4.69) is 10.5 Å². The fraction of sp³-hybridized carbons (Fsp3) is 0. The van der Waals surface area contributed by atoms with Gasteiger partial charge in [-0.2, -0.15) is 5.26 Å². The highest BCUT2D eigenvalue weighted by Crippen LogP contribution is 2.28. The van der Waals surface area contributed by atoms with Crippen LogP contribution in [0.15, 0.2) is 47.6 Å². The first kappa shape index (κ1) is 11.7. The molecule has 88 valence electrons. The summed E-state index contributed by atoms with van der Waals surface area (Å²) in [5.41, 5.74) is 1.43. The van der Waals surface area contributed by atoms with Crippen LogP contribution in [-0.2, 0) is 0 Å². The largest absolute Gasteiger partial charge is 0.354 e. The Labute approximate surface area is 103 Å². The molecule has 0 spiro atoms. The number of rotatable bonds is 3. The molecule has 0 aromatic heterocycles. The predicted octanol–water partition coefficient (Wildman–Crippen LogP) is 3.84. The van der Waals surface area contributed by atoms with Crippen LogP contribution in [0.5, 0.6) is 0 Å². The van der Waals surface area contributed by atoms with E-state index in [-0.39, 0.29) is 11.4 Å². The van der Waals surface area contributed by atoms with Crippen molar-refractivity contribution in [3.8, 4) is 6.07 Å². The molecule has 0 unspecified atom stereocenters. The zero-order chi connectivity index (χ0) is 13.0. The van der Waals surface area contributed by atoms with Gasteiger partial charge in [0.2, 0.25) is 0 Å². The molecular weight excluding hydrogens is 233 g/mol. The van der Waals surface area contributed by atoms with Gasteiger partial charge in [-0.1, -0.05) is 6.07 Å². The first-order valence-electron chi connectivity index (χ1n) is 5.13. The molecule has 0 radical (unpaired) electrons. The number of benzene rings is 2. The Morgan fingerprint density at radius 1 is 1.22 bits per heavy atom. The summed E-state index contributed by atoms with van der Waals surface area (Å²) in [5.74, 6) is -0.471. The summed E-state index contributed by atoms with van der Waals surface area (Å²) in [5, 5.41) is 14.4. The number of hydrogen-bond donors (Lipinski definition) is 1. The quantitative estimate of drug-likeness (QED) is 0.830. The van der Waals surface area contributed by atoms with Gasteiger partial charge in [0.25, 0.3) is 0 Å². The first-order chi connectivity index (χ1) is 8.72. The number of nitrogens with zero attached hydrogens (tertiary/aromatic N) is 2. The topological polar surface area (TPSA) is 65.2 Å². The lowest BCUT2D eigenvalue weighted by Gasteiger charge is -2.08. The van der Waals surface area contributed by atoms with Crippen LogP contribution < -0.4 is 5.32 Å². The van der Waals surface area contributed by atoms with Gasteiger partial charge in [-0.25, -0.2) is 4.39 Å². The summed E-state index contributed by atoms with van der Waals surface area (Å²) < 4.78 is 13.1. The van der Waals surface area contributed by atoms with Crippen molar-refractivity contribution in [2.24, 2.45) is 5.18 Å². The molecule has 2 aromatic rings. The highest BCUT2D eigenvalue weighted by atomic mass is 19.1. The minimum atomic E-state index is -0.471. The molecule has 1 N–H and O–H groups in total. The maximum atomic E-state index is 13.1. The van der Waals surface area contributed by atoms with Gasteiger partial charge in [0, 0.05) is 5.69 Å². The van der Waals surface area contributed by atoms with Gasteiger partial charge >= 0.3 is 0 Å². The van der Waals surface area contributed by atoms with Crippen molar-refractivity contribution < 1.29 is 4.39 Å². The molecule has 0 bridgehead atoms. The highest BCUT2D eigenvalue weighted by molar-refractivity contribution is 5.72. The smallest absolute Gasteiger partial charge is 0.131 e. The van der Waals surface area contributed by atoms with Crippen molar-refractivity contribution in [3.05, 3.63) is 58.8 Å². The van der Waals surface area contributed by atoms with E-state index in [4.69, 9.17) is 5.26 Å². The second-order valence-corrected chi connectivity index (χ2v) is 3.57. The maximum Gasteiger partial charge on any atom is 0.131 e. The lowest BCUT2D eigenvalue weighted by molar-refractivity contribution is 0.628. The van der Waals surface area contributed by atoms with Gasteiger partial charge in [0.1, 0.15) is 11.5 Å². The van der Waals surface area contributed by atoms with Crippen molar-refractivity contribution in [2.45, 2.75) is 0 Å². The second kappa shape index (κ2) is 5.06. The summed E-state index contributed by atoms with van der Waals surface area (Å²) in [7, 11) is 0. The van der Waals surface area contributed by atoms with E-state index in [0.717, 1.165) is 6.07 Å². The van der Waals surface area contributed by atoms with Gasteiger partial charge in [0.15, 0.2) is 0 Å². The van der Waals surface area contributed by atoms with Crippen LogP contribution in [0.25, 0.3) is 0 Å². The monoisotopic (exact) mass is 241 g/mol. The number of anilines is 2. The molecule has 2 aromatic carbocycles. The Kier molecular flexibility index (Phi) is 3.30. The van der Waals surface area contributed by atoms with Crippen LogP contribution in [0.4, 0.5) is 21.5 Å². The fourth-order valence-corrected chi connectivity index (χ4v) is 1.51. The zero-order valence-corrected chi connectivity index (χ0v) is 9.22. The molecular formula is C13H8FN3O. The van der Waals surface area contributed by atoms with Gasteiger partial charge in [0.05, 0.1) is 17.3 Å². The van der Waals surface area contributed by atoms with Crippen LogP contribution in [0, 0.1) is 22.1 Å². The molecule has 0 atom stereocenters. The van der Waals surface area contributed by atoms with E-state index in [1.54, 1.807) is 24.3 Å². The Balaban J connectivity index is 2.36. The molecule has 4 nitrogen and oxygen atoms in total. The third-order valence-corrected chi connectivity index (χ3v) is 2.33. The van der Waals surface area contributed by atoms with E-state index in [9.17, 15) is 9.30 Å². The maximum absolute atomic E-state index is 13.1. The van der Waals surface area contributed by atoms with Crippen molar-refractivity contribution in [1.29, 1.82) is 5.26 Å². The summed E-state index contributed by atoms with van der Waals surface area (Å²) in [6.45, 7) is 0. The molecule has 0 aliphatic rings. The van der Waals surface area contributed by atoms with E-state index in [1.165, 1.54) is 12.1 Å². The van der Waals surface area contributed by atoms with Crippen molar-refractivity contribution in [2.75, 3.05) is 5.32 Å². The Bertz CT molecular complexity index is 634. The fourth-order valence-electron chi connectivity index (χ4n) is 1.51. The standard InChI is InChI=1S/C13H8FN3O/c14-10-4-5-12(17-18)13(7-10)16-11-3-1-2-9(6-11)8-15/h1-7,16H. The minimum absolute atomic E-state index is 0.110. The molecule has 0 saturated carbocycles. The number of hydrogen-bond acceptors (Lipinski definition) is 4. The minimum Gasteiger partial charge on any atom is -0.354 e. The van der Waals surface area contributed by atoms with Crippen LogP contribution in [-0.4, -0.2) is 0 Å². The van der Waals surface area contributed by atoms with Crippen LogP contribution in [0.3, 0.4) is 0 Å². The first-order valence-corrected chi connectivity index (χ1v) is 5.13. The van der Waals surface area contributed by atoms with Crippen molar-refractivity contribution in [1.82, 2.24) is 0 Å². The predicted molar refractivity (Wildman–Crippen MR) is 66.3 cm³/mol. The Morgan fingerprint density at radius 3 is 2.78 bits per heavy atom. The summed E-state index contributed by atoms with van der Waals surface area (Å²) in [4.78, 5) is 10.6. The highest BCUT2D eigenvalue weighted by Gasteiger charge is 2.05. The molecule has 5 heteroatoms. The SMILES string of the molecule is N#Cc1cccc(Nc2cc(F)ccc2N=O)c1.